The van der Waals surface area contributed by atoms with E-state index in [1.165, 1.54) is 55.6 Å². The first-order valence-corrected chi connectivity index (χ1v) is 11.0. The van der Waals surface area contributed by atoms with Gasteiger partial charge >= 0.3 is 0 Å². The molecule has 0 saturated heterocycles. The molecule has 1 heterocycles. The van der Waals surface area contributed by atoms with E-state index in [1.54, 1.807) is 12.1 Å². The number of nitrogens with one attached hydrogen (secondary N) is 1. The van der Waals surface area contributed by atoms with Gasteiger partial charge in [-0.2, -0.15) is 0 Å². The second kappa shape index (κ2) is 7.14. The third-order valence-electron chi connectivity index (χ3n) is 6.75. The number of amides is 1. The van der Waals surface area contributed by atoms with Crippen LogP contribution in [-0.4, -0.2) is 16.9 Å². The van der Waals surface area contributed by atoms with E-state index >= 15 is 0 Å². The number of carbonyl (C=O) groups excluding carboxylic acids is 1. The smallest absolute Gasteiger partial charge is 0.263 e. The summed E-state index contributed by atoms with van der Waals surface area (Å²) in [5, 5.41) is 4.12. The van der Waals surface area contributed by atoms with Crippen molar-refractivity contribution in [2.24, 2.45) is 23.7 Å². The van der Waals surface area contributed by atoms with Crippen molar-refractivity contribution >= 4 is 17.2 Å². The van der Waals surface area contributed by atoms with Gasteiger partial charge in [-0.25, -0.2) is 9.37 Å². The molecule has 4 aliphatic carbocycles. The lowest BCUT2D eigenvalue weighted by Gasteiger charge is -2.54. The highest BCUT2D eigenvalue weighted by atomic mass is 32.1. The lowest BCUT2D eigenvalue weighted by molar-refractivity contribution is -0.0119. The number of aromatic nitrogens is 1. The first kappa shape index (κ1) is 18.1. The number of rotatable bonds is 5. The van der Waals surface area contributed by atoms with Crippen LogP contribution in [0.25, 0.3) is 0 Å². The summed E-state index contributed by atoms with van der Waals surface area (Å²) in [6, 6.07) is 6.25. The number of ether oxygens (including phenoxy) is 1. The molecule has 1 N–H and O–H groups in total. The maximum absolute atomic E-state index is 13.0. The van der Waals surface area contributed by atoms with Crippen LogP contribution < -0.4 is 10.1 Å². The molecule has 0 aliphatic heterocycles. The van der Waals surface area contributed by atoms with Gasteiger partial charge in [0.25, 0.3) is 5.91 Å². The van der Waals surface area contributed by atoms with Crippen LogP contribution in [0.4, 0.5) is 4.39 Å². The van der Waals surface area contributed by atoms with Crippen molar-refractivity contribution in [3.8, 4) is 5.75 Å². The molecule has 1 amide bonds. The average molecular weight is 401 g/mol. The summed E-state index contributed by atoms with van der Waals surface area (Å²) in [4.78, 5) is 18.2. The van der Waals surface area contributed by atoms with Gasteiger partial charge in [-0.05, 0) is 87.0 Å². The van der Waals surface area contributed by atoms with Crippen molar-refractivity contribution in [3.05, 3.63) is 45.7 Å². The summed E-state index contributed by atoms with van der Waals surface area (Å²) in [6.07, 6.45) is 6.57. The minimum absolute atomic E-state index is 0.0144. The Morgan fingerprint density at radius 2 is 1.79 bits per heavy atom. The van der Waals surface area contributed by atoms with Gasteiger partial charge in [0.15, 0.2) is 0 Å². The van der Waals surface area contributed by atoms with Crippen LogP contribution in [0.2, 0.25) is 0 Å². The third-order valence-corrected chi connectivity index (χ3v) is 7.88. The fraction of sp³-hybridized carbons (Fsp3) is 0.545. The molecular formula is C22H25FN2O2S. The van der Waals surface area contributed by atoms with Crippen molar-refractivity contribution in [2.75, 3.05) is 0 Å². The zero-order valence-electron chi connectivity index (χ0n) is 16.0. The number of hydrogen-bond acceptors (Lipinski definition) is 4. The third kappa shape index (κ3) is 3.43. The summed E-state index contributed by atoms with van der Waals surface area (Å²) in [7, 11) is 0. The number of carbonyl (C=O) groups is 1. The van der Waals surface area contributed by atoms with Gasteiger partial charge in [0.1, 0.15) is 28.1 Å². The molecule has 4 saturated carbocycles. The second-order valence-corrected chi connectivity index (χ2v) is 9.78. The molecule has 4 fully saturated rings. The zero-order valence-corrected chi connectivity index (χ0v) is 16.8. The van der Waals surface area contributed by atoms with Crippen molar-refractivity contribution < 1.29 is 13.9 Å². The van der Waals surface area contributed by atoms with E-state index in [4.69, 9.17) is 4.74 Å². The number of aryl methyl sites for hydroxylation is 1. The summed E-state index contributed by atoms with van der Waals surface area (Å²) >= 11 is 1.39. The Labute approximate surface area is 168 Å². The Balaban J connectivity index is 1.24. The minimum Gasteiger partial charge on any atom is -0.486 e. The van der Waals surface area contributed by atoms with Gasteiger partial charge in [-0.3, -0.25) is 4.79 Å². The molecule has 148 valence electrons. The number of halogens is 1. The molecule has 0 spiro atoms. The van der Waals surface area contributed by atoms with Gasteiger partial charge in [-0.15, -0.1) is 11.3 Å². The van der Waals surface area contributed by atoms with Crippen molar-refractivity contribution in [1.82, 2.24) is 10.3 Å². The average Bonchev–Trinajstić information content (AvgIpc) is 3.04. The van der Waals surface area contributed by atoms with Crippen LogP contribution in [0, 0.1) is 36.4 Å². The summed E-state index contributed by atoms with van der Waals surface area (Å²) < 4.78 is 18.7. The summed E-state index contributed by atoms with van der Waals surface area (Å²) in [5.74, 6) is 3.44. The number of thiazole rings is 1. The molecule has 2 aromatic rings. The van der Waals surface area contributed by atoms with Crippen LogP contribution in [0.5, 0.6) is 5.75 Å². The molecule has 28 heavy (non-hydrogen) atoms. The van der Waals surface area contributed by atoms with Crippen molar-refractivity contribution in [1.29, 1.82) is 0 Å². The maximum atomic E-state index is 13.0. The Morgan fingerprint density at radius 3 is 2.43 bits per heavy atom. The van der Waals surface area contributed by atoms with E-state index in [-0.39, 0.29) is 18.3 Å². The van der Waals surface area contributed by atoms with Crippen LogP contribution in [0.1, 0.15) is 52.5 Å². The molecule has 0 atom stereocenters. The standard InChI is InChI=1S/C22H25FN2O2S/c1-12-21(28-19(24-12)11-27-18-4-2-17(23)3-5-18)22(26)25-20-15-7-13-6-14(9-15)10-16(20)8-13/h2-5,13-16,20H,6-11H2,1H3,(H,25,26). The highest BCUT2D eigenvalue weighted by molar-refractivity contribution is 7.13. The van der Waals surface area contributed by atoms with E-state index in [1.807, 2.05) is 6.92 Å². The van der Waals surface area contributed by atoms with Crippen LogP contribution in [0.3, 0.4) is 0 Å². The Hall–Kier alpha value is -1.95. The number of nitrogens with zero attached hydrogens (tertiary/aromatic N) is 1. The highest BCUT2D eigenvalue weighted by Crippen LogP contribution is 2.53. The summed E-state index contributed by atoms with van der Waals surface area (Å²) in [5.41, 5.74) is 0.754. The largest absolute Gasteiger partial charge is 0.486 e. The lowest BCUT2D eigenvalue weighted by atomic mass is 9.54. The normalized spacial score (nSPS) is 30.4. The molecular weight excluding hydrogens is 375 g/mol. The highest BCUT2D eigenvalue weighted by Gasteiger charge is 2.48. The number of benzene rings is 1. The van der Waals surface area contributed by atoms with Gasteiger partial charge < -0.3 is 10.1 Å². The van der Waals surface area contributed by atoms with Gasteiger partial charge in [0.2, 0.25) is 0 Å². The van der Waals surface area contributed by atoms with Gasteiger partial charge in [0.05, 0.1) is 5.69 Å². The van der Waals surface area contributed by atoms with Gasteiger partial charge in [0, 0.05) is 6.04 Å². The number of hydrogen-bond donors (Lipinski definition) is 1. The molecule has 1 aromatic heterocycles. The maximum Gasteiger partial charge on any atom is 0.263 e. The molecule has 0 unspecified atom stereocenters. The van der Waals surface area contributed by atoms with E-state index in [0.717, 1.165) is 22.5 Å². The fourth-order valence-corrected chi connectivity index (χ4v) is 6.66. The van der Waals surface area contributed by atoms with Crippen molar-refractivity contribution in [2.45, 2.75) is 51.7 Å². The first-order valence-electron chi connectivity index (χ1n) is 10.2. The fourth-order valence-electron chi connectivity index (χ4n) is 5.78. The molecule has 4 nitrogen and oxygen atoms in total. The van der Waals surface area contributed by atoms with Crippen molar-refractivity contribution in [3.63, 3.8) is 0 Å². The monoisotopic (exact) mass is 400 g/mol. The molecule has 0 radical (unpaired) electrons. The topological polar surface area (TPSA) is 51.2 Å². The zero-order chi connectivity index (χ0) is 19.3. The predicted octanol–water partition coefficient (Wildman–Crippen LogP) is 4.72. The van der Waals surface area contributed by atoms with Crippen LogP contribution in [-0.2, 0) is 6.61 Å². The lowest BCUT2D eigenvalue weighted by Crippen LogP contribution is -2.55. The van der Waals surface area contributed by atoms with Gasteiger partial charge in [-0.1, -0.05) is 0 Å². The SMILES string of the molecule is Cc1nc(COc2ccc(F)cc2)sc1C(=O)NC1C2CC3CC(C2)CC1C3. The van der Waals surface area contributed by atoms with Crippen LogP contribution >= 0.6 is 11.3 Å². The van der Waals surface area contributed by atoms with Crippen LogP contribution in [0.15, 0.2) is 24.3 Å². The summed E-state index contributed by atoms with van der Waals surface area (Å²) in [6.45, 7) is 2.16. The quantitative estimate of drug-likeness (QED) is 0.790. The predicted molar refractivity (Wildman–Crippen MR) is 106 cm³/mol. The minimum atomic E-state index is -0.291. The Kier molecular flexibility index (Phi) is 4.62. The van der Waals surface area contributed by atoms with E-state index in [2.05, 4.69) is 10.3 Å². The molecule has 4 aliphatic rings. The Morgan fingerprint density at radius 1 is 1.14 bits per heavy atom. The molecule has 4 bridgehead atoms. The molecule has 1 aromatic carbocycles. The second-order valence-electron chi connectivity index (χ2n) is 8.69. The van der Waals surface area contributed by atoms with E-state index < -0.39 is 0 Å². The molecule has 6 rings (SSSR count). The van der Waals surface area contributed by atoms with E-state index in [9.17, 15) is 9.18 Å². The molecule has 6 heteroatoms. The first-order chi connectivity index (χ1) is 13.5. The Bertz CT molecular complexity index is 851. The van der Waals surface area contributed by atoms with E-state index in [0.29, 0.717) is 28.5 Å².